The molecule has 0 aliphatic heterocycles. The van der Waals surface area contributed by atoms with Crippen LogP contribution in [0.25, 0.3) is 0 Å². The quantitative estimate of drug-likeness (QED) is 0.190. The molecule has 23 heavy (non-hydrogen) atoms. The van der Waals surface area contributed by atoms with Gasteiger partial charge in [0.1, 0.15) is 5.60 Å². The third-order valence-electron chi connectivity index (χ3n) is 3.28. The molecule has 0 amide bonds. The van der Waals surface area contributed by atoms with E-state index in [1.807, 2.05) is 6.92 Å². The summed E-state index contributed by atoms with van der Waals surface area (Å²) in [5.41, 5.74) is -0.742. The van der Waals surface area contributed by atoms with E-state index in [4.69, 9.17) is 24.4 Å². The number of esters is 1. The molecule has 0 aromatic carbocycles. The smallest absolute Gasteiger partial charge is 0.463 e. The van der Waals surface area contributed by atoms with Crippen molar-refractivity contribution >= 4 is 14.8 Å². The second kappa shape index (κ2) is 10.6. The van der Waals surface area contributed by atoms with Crippen molar-refractivity contribution in [3.63, 3.8) is 0 Å². The Kier molecular flexibility index (Phi) is 10.1. The summed E-state index contributed by atoms with van der Waals surface area (Å²) >= 11 is 0. The molecule has 0 fully saturated rings. The summed E-state index contributed by atoms with van der Waals surface area (Å²) in [6.45, 7) is 8.09. The van der Waals surface area contributed by atoms with Crippen LogP contribution in [-0.2, 0) is 22.8 Å². The van der Waals surface area contributed by atoms with Crippen molar-refractivity contribution in [1.82, 2.24) is 0 Å². The molecule has 0 rings (SSSR count). The first-order chi connectivity index (χ1) is 10.8. The highest BCUT2D eigenvalue weighted by Gasteiger charge is 2.45. The lowest BCUT2D eigenvalue weighted by molar-refractivity contribution is -0.137. The van der Waals surface area contributed by atoms with Crippen LogP contribution < -0.4 is 0 Å². The highest BCUT2D eigenvalue weighted by atomic mass is 28.4. The highest BCUT2D eigenvalue weighted by molar-refractivity contribution is 6.60. The Balaban J connectivity index is 4.73. The Hall–Kier alpha value is -1.13. The fraction of sp³-hybridized carbons (Fsp3) is 0.706. The zero-order chi connectivity index (χ0) is 17.9. The number of carbonyl (C=O) groups is 1. The Morgan fingerprint density at radius 2 is 1.96 bits per heavy atom. The fourth-order valence-electron chi connectivity index (χ4n) is 2.32. The fourth-order valence-corrected chi connectivity index (χ4v) is 4.57. The van der Waals surface area contributed by atoms with Gasteiger partial charge in [-0.3, -0.25) is 0 Å². The van der Waals surface area contributed by atoms with Gasteiger partial charge in [-0.25, -0.2) is 4.79 Å². The third kappa shape index (κ3) is 8.33. The lowest BCUT2D eigenvalue weighted by atomic mass is 9.95. The summed E-state index contributed by atoms with van der Waals surface area (Å²) in [5.74, 6) is 2.75. The second-order valence-electron chi connectivity index (χ2n) is 5.94. The Morgan fingerprint density at radius 1 is 1.35 bits per heavy atom. The summed E-state index contributed by atoms with van der Waals surface area (Å²) in [7, 11) is 0.218. The molecule has 6 heteroatoms. The molecule has 5 nitrogen and oxygen atoms in total. The summed E-state index contributed by atoms with van der Waals surface area (Å²) in [6, 6.07) is 0.526. The van der Waals surface area contributed by atoms with Crippen LogP contribution in [0.15, 0.2) is 12.2 Å². The lowest BCUT2D eigenvalue weighted by Crippen LogP contribution is -2.51. The Labute approximate surface area is 141 Å². The van der Waals surface area contributed by atoms with Crippen LogP contribution in [0.1, 0.15) is 40.5 Å². The van der Waals surface area contributed by atoms with Gasteiger partial charge in [-0.05, 0) is 32.6 Å². The minimum absolute atomic E-state index is 0.283. The molecule has 0 N–H and O–H groups in total. The van der Waals surface area contributed by atoms with Gasteiger partial charge in [0.25, 0.3) is 0 Å². The first kappa shape index (κ1) is 21.9. The van der Waals surface area contributed by atoms with E-state index in [0.29, 0.717) is 24.8 Å². The lowest BCUT2D eigenvalue weighted by Gasteiger charge is -2.36. The number of rotatable bonds is 11. The van der Waals surface area contributed by atoms with Crippen molar-refractivity contribution in [2.75, 3.05) is 20.8 Å². The topological polar surface area (TPSA) is 54.0 Å². The SMILES string of the molecule is C#CC(C)(CC(C)C)O[Si](CCCOC(=O)C=CC)(OC)OC. The number of hydrogen-bond acceptors (Lipinski definition) is 5. The van der Waals surface area contributed by atoms with Gasteiger partial charge < -0.3 is 18.0 Å². The summed E-state index contributed by atoms with van der Waals surface area (Å²) in [5, 5.41) is 0. The van der Waals surface area contributed by atoms with E-state index in [1.165, 1.54) is 6.08 Å². The summed E-state index contributed by atoms with van der Waals surface area (Å²) in [4.78, 5) is 11.3. The van der Waals surface area contributed by atoms with Crippen molar-refractivity contribution in [3.8, 4) is 12.3 Å². The zero-order valence-corrected chi connectivity index (χ0v) is 16.2. The molecule has 1 unspecified atom stereocenters. The van der Waals surface area contributed by atoms with Crippen molar-refractivity contribution < 1.29 is 22.8 Å². The first-order valence-electron chi connectivity index (χ1n) is 7.84. The largest absolute Gasteiger partial charge is 0.501 e. The number of ether oxygens (including phenoxy) is 1. The van der Waals surface area contributed by atoms with E-state index in [2.05, 4.69) is 19.8 Å². The van der Waals surface area contributed by atoms with Crippen LogP contribution >= 0.6 is 0 Å². The van der Waals surface area contributed by atoms with Gasteiger partial charge in [0.05, 0.1) is 6.61 Å². The average molecular weight is 343 g/mol. The molecule has 0 aromatic heterocycles. The van der Waals surface area contributed by atoms with Gasteiger partial charge in [0.15, 0.2) is 0 Å². The van der Waals surface area contributed by atoms with Crippen LogP contribution in [0.4, 0.5) is 0 Å². The highest BCUT2D eigenvalue weighted by Crippen LogP contribution is 2.28. The molecule has 0 radical (unpaired) electrons. The molecule has 0 bridgehead atoms. The van der Waals surface area contributed by atoms with Crippen LogP contribution in [0.3, 0.4) is 0 Å². The van der Waals surface area contributed by atoms with E-state index in [-0.39, 0.29) is 12.6 Å². The van der Waals surface area contributed by atoms with Gasteiger partial charge in [-0.2, -0.15) is 0 Å². The average Bonchev–Trinajstić information content (AvgIpc) is 2.50. The molecule has 0 saturated heterocycles. The maximum Gasteiger partial charge on any atom is 0.501 e. The predicted molar refractivity (Wildman–Crippen MR) is 92.7 cm³/mol. The normalized spacial score (nSPS) is 14.7. The molecule has 0 saturated carbocycles. The molecule has 0 spiro atoms. The van der Waals surface area contributed by atoms with E-state index >= 15 is 0 Å². The van der Waals surface area contributed by atoms with E-state index in [9.17, 15) is 4.79 Å². The van der Waals surface area contributed by atoms with Gasteiger partial charge in [0, 0.05) is 26.3 Å². The molecule has 1 atom stereocenters. The Bertz CT molecular complexity index is 423. The minimum Gasteiger partial charge on any atom is -0.463 e. The van der Waals surface area contributed by atoms with E-state index < -0.39 is 14.4 Å². The molecular weight excluding hydrogens is 312 g/mol. The number of allylic oxidation sites excluding steroid dienone is 1. The number of carbonyl (C=O) groups excluding carboxylic acids is 1. The zero-order valence-electron chi connectivity index (χ0n) is 15.2. The maximum atomic E-state index is 11.3. The van der Waals surface area contributed by atoms with Crippen LogP contribution in [0, 0.1) is 18.3 Å². The Morgan fingerprint density at radius 3 is 2.39 bits per heavy atom. The van der Waals surface area contributed by atoms with E-state index in [0.717, 1.165) is 0 Å². The molecule has 132 valence electrons. The van der Waals surface area contributed by atoms with Gasteiger partial charge in [-0.15, -0.1) is 6.42 Å². The standard InChI is InChI=1S/C17H30O5Si/c1-8-11-16(18)21-12-10-13-23(19-6,20-7)22-17(5,9-2)14-15(3)4/h2,8,11,15H,10,12-14H2,1,3-7H3. The first-order valence-corrected chi connectivity index (χ1v) is 9.77. The number of hydrogen-bond donors (Lipinski definition) is 0. The van der Waals surface area contributed by atoms with Gasteiger partial charge >= 0.3 is 14.8 Å². The molecular formula is C17H30O5Si. The maximum absolute atomic E-state index is 11.3. The third-order valence-corrected chi connectivity index (χ3v) is 6.25. The van der Waals surface area contributed by atoms with Crippen molar-refractivity contribution in [1.29, 1.82) is 0 Å². The number of terminal acetylenes is 1. The van der Waals surface area contributed by atoms with Crippen LogP contribution in [0.5, 0.6) is 0 Å². The predicted octanol–water partition coefficient (Wildman–Crippen LogP) is 3.18. The molecule has 0 aromatic rings. The van der Waals surface area contributed by atoms with Gasteiger partial charge in [0.2, 0.25) is 0 Å². The van der Waals surface area contributed by atoms with E-state index in [1.54, 1.807) is 27.2 Å². The second-order valence-corrected chi connectivity index (χ2v) is 8.82. The van der Waals surface area contributed by atoms with Crippen LogP contribution in [0.2, 0.25) is 6.04 Å². The monoisotopic (exact) mass is 342 g/mol. The molecule has 0 heterocycles. The van der Waals surface area contributed by atoms with Crippen molar-refractivity contribution in [2.24, 2.45) is 5.92 Å². The molecule has 0 aliphatic carbocycles. The van der Waals surface area contributed by atoms with Crippen molar-refractivity contribution in [2.45, 2.75) is 52.2 Å². The minimum atomic E-state index is -2.91. The van der Waals surface area contributed by atoms with Gasteiger partial charge in [-0.1, -0.05) is 25.8 Å². The van der Waals surface area contributed by atoms with Crippen LogP contribution in [-0.4, -0.2) is 41.2 Å². The van der Waals surface area contributed by atoms with Crippen molar-refractivity contribution in [3.05, 3.63) is 12.2 Å². The summed E-state index contributed by atoms with van der Waals surface area (Å²) in [6.07, 6.45) is 9.97. The summed E-state index contributed by atoms with van der Waals surface area (Å²) < 4.78 is 22.4. The molecule has 0 aliphatic rings.